The highest BCUT2D eigenvalue weighted by atomic mass is 127. The Hall–Kier alpha value is -2.39. The van der Waals surface area contributed by atoms with E-state index in [0.29, 0.717) is 23.5 Å². The van der Waals surface area contributed by atoms with Gasteiger partial charge in [-0.25, -0.2) is 8.42 Å². The van der Waals surface area contributed by atoms with E-state index in [0.717, 1.165) is 3.57 Å². The van der Waals surface area contributed by atoms with E-state index in [1.165, 1.54) is 16.4 Å². The molecule has 0 aliphatic carbocycles. The summed E-state index contributed by atoms with van der Waals surface area (Å²) < 4.78 is 28.3. The van der Waals surface area contributed by atoms with Crippen LogP contribution in [0, 0.1) is 3.57 Å². The number of nitrogens with one attached hydrogen (secondary N) is 1. The van der Waals surface area contributed by atoms with Crippen LogP contribution in [0.25, 0.3) is 0 Å². The summed E-state index contributed by atoms with van der Waals surface area (Å²) in [7, 11) is -3.69. The largest absolute Gasteiger partial charge is 0.322 e. The summed E-state index contributed by atoms with van der Waals surface area (Å²) in [6.45, 7) is 2.11. The molecule has 5 nitrogen and oxygen atoms in total. The zero-order valence-corrected chi connectivity index (χ0v) is 18.1. The molecule has 0 saturated heterocycles. The Morgan fingerprint density at radius 1 is 0.964 bits per heavy atom. The number of halogens is 1. The normalized spacial score (nSPS) is 11.1. The predicted molar refractivity (Wildman–Crippen MR) is 120 cm³/mol. The Morgan fingerprint density at radius 3 is 2.25 bits per heavy atom. The molecule has 0 aliphatic rings. The molecule has 144 valence electrons. The number of carbonyl (C=O) groups excluding carboxylic acids is 1. The van der Waals surface area contributed by atoms with Crippen molar-refractivity contribution in [2.24, 2.45) is 0 Å². The third-order valence-electron chi connectivity index (χ3n) is 4.12. The zero-order chi connectivity index (χ0) is 20.1. The van der Waals surface area contributed by atoms with Gasteiger partial charge in [0.2, 0.25) is 0 Å². The standard InChI is InChI=1S/C21H19IN2O3S/c1-2-24(19-9-4-3-5-10-19)28(26,27)20-13-11-18(12-14-20)23-21(25)16-7-6-8-17(22)15-16/h3-15H,2H2,1H3,(H,23,25). The SMILES string of the molecule is CCN(c1ccccc1)S(=O)(=O)c1ccc(NC(=O)c2cccc(I)c2)cc1. The lowest BCUT2D eigenvalue weighted by Crippen LogP contribution is -2.30. The van der Waals surface area contributed by atoms with E-state index in [4.69, 9.17) is 0 Å². The van der Waals surface area contributed by atoms with Crippen LogP contribution in [0.1, 0.15) is 17.3 Å². The van der Waals surface area contributed by atoms with E-state index < -0.39 is 10.0 Å². The minimum absolute atomic E-state index is 0.172. The fourth-order valence-electron chi connectivity index (χ4n) is 2.76. The van der Waals surface area contributed by atoms with Gasteiger partial charge in [0, 0.05) is 21.4 Å². The van der Waals surface area contributed by atoms with Gasteiger partial charge < -0.3 is 5.32 Å². The van der Waals surface area contributed by atoms with E-state index in [2.05, 4.69) is 27.9 Å². The number of hydrogen-bond donors (Lipinski definition) is 1. The van der Waals surface area contributed by atoms with E-state index in [9.17, 15) is 13.2 Å². The summed E-state index contributed by atoms with van der Waals surface area (Å²) in [6, 6.07) is 22.4. The molecule has 0 fully saturated rings. The Bertz CT molecular complexity index is 1070. The van der Waals surface area contributed by atoms with Crippen LogP contribution >= 0.6 is 22.6 Å². The molecule has 0 unspecified atom stereocenters. The lowest BCUT2D eigenvalue weighted by Gasteiger charge is -2.23. The molecule has 7 heteroatoms. The molecule has 0 bridgehead atoms. The number of rotatable bonds is 6. The first-order valence-electron chi connectivity index (χ1n) is 8.66. The van der Waals surface area contributed by atoms with Gasteiger partial charge in [0.25, 0.3) is 15.9 Å². The Labute approximate surface area is 178 Å². The minimum Gasteiger partial charge on any atom is -0.322 e. The van der Waals surface area contributed by atoms with Gasteiger partial charge in [-0.1, -0.05) is 24.3 Å². The van der Waals surface area contributed by atoms with Crippen LogP contribution in [0.2, 0.25) is 0 Å². The summed E-state index contributed by atoms with van der Waals surface area (Å²) >= 11 is 2.15. The van der Waals surface area contributed by atoms with Crippen LogP contribution in [-0.4, -0.2) is 20.9 Å². The fourth-order valence-corrected chi connectivity index (χ4v) is 4.77. The number of benzene rings is 3. The molecule has 3 rings (SSSR count). The number of sulfonamides is 1. The van der Waals surface area contributed by atoms with E-state index in [1.807, 2.05) is 18.2 Å². The lowest BCUT2D eigenvalue weighted by molar-refractivity contribution is 0.102. The van der Waals surface area contributed by atoms with Gasteiger partial charge in [-0.3, -0.25) is 9.10 Å². The van der Waals surface area contributed by atoms with Gasteiger partial charge in [0.1, 0.15) is 0 Å². The van der Waals surface area contributed by atoms with Crippen LogP contribution in [-0.2, 0) is 10.0 Å². The number of hydrogen-bond acceptors (Lipinski definition) is 3. The second-order valence-electron chi connectivity index (χ2n) is 5.99. The van der Waals surface area contributed by atoms with Crippen molar-refractivity contribution >= 4 is 49.9 Å². The second kappa shape index (κ2) is 8.74. The van der Waals surface area contributed by atoms with Crippen molar-refractivity contribution in [1.82, 2.24) is 0 Å². The first-order valence-corrected chi connectivity index (χ1v) is 11.2. The molecule has 0 saturated carbocycles. The van der Waals surface area contributed by atoms with Crippen molar-refractivity contribution in [3.05, 3.63) is 88.0 Å². The molecule has 3 aromatic carbocycles. The summed E-state index contributed by atoms with van der Waals surface area (Å²) in [5, 5.41) is 2.79. The molecule has 0 aliphatic heterocycles. The number of nitrogens with zero attached hydrogens (tertiary/aromatic N) is 1. The number of carbonyl (C=O) groups is 1. The summed E-state index contributed by atoms with van der Waals surface area (Å²) in [4.78, 5) is 12.5. The van der Waals surface area contributed by atoms with Gasteiger partial charge in [-0.15, -0.1) is 0 Å². The van der Waals surface area contributed by atoms with E-state index >= 15 is 0 Å². The molecular formula is C21H19IN2O3S. The van der Waals surface area contributed by atoms with Crippen LogP contribution in [0.15, 0.2) is 83.8 Å². The van der Waals surface area contributed by atoms with Crippen LogP contribution in [0.5, 0.6) is 0 Å². The summed E-state index contributed by atoms with van der Waals surface area (Å²) in [5.41, 5.74) is 1.69. The van der Waals surface area contributed by atoms with Gasteiger partial charge in [0.15, 0.2) is 0 Å². The minimum atomic E-state index is -3.69. The van der Waals surface area contributed by atoms with Crippen molar-refractivity contribution in [3.8, 4) is 0 Å². The third kappa shape index (κ3) is 4.53. The molecule has 0 heterocycles. The van der Waals surface area contributed by atoms with Crippen molar-refractivity contribution < 1.29 is 13.2 Å². The van der Waals surface area contributed by atoms with E-state index in [-0.39, 0.29) is 10.8 Å². The first kappa shape index (κ1) is 20.3. The molecule has 0 radical (unpaired) electrons. The average Bonchev–Trinajstić information content (AvgIpc) is 2.69. The molecule has 3 aromatic rings. The highest BCUT2D eigenvalue weighted by Crippen LogP contribution is 2.24. The van der Waals surface area contributed by atoms with Crippen molar-refractivity contribution in [2.75, 3.05) is 16.2 Å². The Kier molecular flexibility index (Phi) is 6.35. The lowest BCUT2D eigenvalue weighted by atomic mass is 10.2. The fraction of sp³-hybridized carbons (Fsp3) is 0.0952. The first-order chi connectivity index (χ1) is 13.4. The van der Waals surface area contributed by atoms with Crippen molar-refractivity contribution in [1.29, 1.82) is 0 Å². The number of anilines is 2. The maximum atomic E-state index is 13.0. The Morgan fingerprint density at radius 2 is 1.64 bits per heavy atom. The summed E-state index contributed by atoms with van der Waals surface area (Å²) in [6.07, 6.45) is 0. The molecule has 28 heavy (non-hydrogen) atoms. The molecule has 0 spiro atoms. The van der Waals surface area contributed by atoms with Crippen molar-refractivity contribution in [2.45, 2.75) is 11.8 Å². The molecule has 1 N–H and O–H groups in total. The second-order valence-corrected chi connectivity index (χ2v) is 9.10. The van der Waals surface area contributed by atoms with E-state index in [1.54, 1.807) is 55.5 Å². The van der Waals surface area contributed by atoms with Gasteiger partial charge in [-0.2, -0.15) is 0 Å². The quantitative estimate of drug-likeness (QED) is 0.491. The van der Waals surface area contributed by atoms with Gasteiger partial charge in [0.05, 0.1) is 10.6 Å². The molecule has 0 aromatic heterocycles. The highest BCUT2D eigenvalue weighted by Gasteiger charge is 2.23. The monoisotopic (exact) mass is 506 g/mol. The average molecular weight is 506 g/mol. The number of amides is 1. The maximum Gasteiger partial charge on any atom is 0.264 e. The predicted octanol–water partition coefficient (Wildman–Crippen LogP) is 4.76. The zero-order valence-electron chi connectivity index (χ0n) is 15.2. The Balaban J connectivity index is 1.80. The van der Waals surface area contributed by atoms with Crippen LogP contribution < -0.4 is 9.62 Å². The number of para-hydroxylation sites is 1. The van der Waals surface area contributed by atoms with Gasteiger partial charge in [-0.05, 0) is 84.1 Å². The molecule has 0 atom stereocenters. The van der Waals surface area contributed by atoms with Gasteiger partial charge >= 0.3 is 0 Å². The smallest absolute Gasteiger partial charge is 0.264 e. The molecule has 1 amide bonds. The molecular weight excluding hydrogens is 487 g/mol. The van der Waals surface area contributed by atoms with Crippen molar-refractivity contribution in [3.63, 3.8) is 0 Å². The third-order valence-corrected chi connectivity index (χ3v) is 6.71. The maximum absolute atomic E-state index is 13.0. The summed E-state index contributed by atoms with van der Waals surface area (Å²) in [5.74, 6) is -0.242. The van der Waals surface area contributed by atoms with Crippen LogP contribution in [0.4, 0.5) is 11.4 Å². The topological polar surface area (TPSA) is 66.5 Å². The highest BCUT2D eigenvalue weighted by molar-refractivity contribution is 14.1. The van der Waals surface area contributed by atoms with Crippen LogP contribution in [0.3, 0.4) is 0 Å².